The molecule has 27 heavy (non-hydrogen) atoms. The molecule has 3 rings (SSSR count). The molecule has 2 fully saturated rings. The highest BCUT2D eigenvalue weighted by atomic mass is 32.2. The molecule has 150 valence electrons. The molecule has 0 aromatic heterocycles. The number of hydrogen-bond acceptors (Lipinski definition) is 8. The van der Waals surface area contributed by atoms with E-state index >= 15 is 0 Å². The van der Waals surface area contributed by atoms with E-state index in [-0.39, 0.29) is 18.1 Å². The Morgan fingerprint density at radius 2 is 1.63 bits per heavy atom. The molecule has 0 bridgehead atoms. The molecule has 0 N–H and O–H groups in total. The third-order valence-electron chi connectivity index (χ3n) is 4.39. The lowest BCUT2D eigenvalue weighted by atomic mass is 10.1. The van der Waals surface area contributed by atoms with Gasteiger partial charge in [-0.05, 0) is 32.9 Å². The summed E-state index contributed by atoms with van der Waals surface area (Å²) in [6.45, 7) is 6.46. The number of hydrogen-bond donors (Lipinski definition) is 0. The number of aryl methyl sites for hydroxylation is 1. The Morgan fingerprint density at radius 1 is 1.07 bits per heavy atom. The Hall–Kier alpha value is -1.52. The number of benzene rings is 1. The van der Waals surface area contributed by atoms with Crippen molar-refractivity contribution in [2.75, 3.05) is 13.2 Å². The third-order valence-corrected chi connectivity index (χ3v) is 5.69. The van der Waals surface area contributed by atoms with Crippen LogP contribution in [0.3, 0.4) is 0 Å². The topological polar surface area (TPSA) is 97.4 Å². The Bertz CT molecular complexity index is 786. The fourth-order valence-corrected chi connectivity index (χ4v) is 4.09. The van der Waals surface area contributed by atoms with Crippen molar-refractivity contribution in [3.63, 3.8) is 0 Å². The molecule has 0 radical (unpaired) electrons. The first-order valence-corrected chi connectivity index (χ1v) is 10.1. The molecular formula is C18H24O8S. The highest BCUT2D eigenvalue weighted by molar-refractivity contribution is 7.86. The van der Waals surface area contributed by atoms with E-state index in [2.05, 4.69) is 0 Å². The van der Waals surface area contributed by atoms with Crippen molar-refractivity contribution in [3.8, 4) is 0 Å². The fraction of sp³-hybridized carbons (Fsp3) is 0.611. The summed E-state index contributed by atoms with van der Waals surface area (Å²) in [5.74, 6) is -1.28. The molecule has 1 aromatic carbocycles. The van der Waals surface area contributed by atoms with Gasteiger partial charge in [-0.25, -0.2) is 0 Å². The van der Waals surface area contributed by atoms with Crippen molar-refractivity contribution in [1.82, 2.24) is 0 Å². The lowest BCUT2D eigenvalue weighted by Gasteiger charge is -2.23. The summed E-state index contributed by atoms with van der Waals surface area (Å²) in [7, 11) is -3.93. The summed E-state index contributed by atoms with van der Waals surface area (Å²) in [5.41, 5.74) is 0.947. The Labute approximate surface area is 158 Å². The van der Waals surface area contributed by atoms with E-state index in [1.807, 2.05) is 6.92 Å². The second kappa shape index (κ2) is 7.48. The Kier molecular flexibility index (Phi) is 5.60. The van der Waals surface area contributed by atoms with Crippen LogP contribution < -0.4 is 0 Å². The van der Waals surface area contributed by atoms with Gasteiger partial charge in [0.15, 0.2) is 5.79 Å². The minimum atomic E-state index is -3.93. The quantitative estimate of drug-likeness (QED) is 0.524. The molecule has 9 heteroatoms. The molecule has 4 atom stereocenters. The van der Waals surface area contributed by atoms with Crippen molar-refractivity contribution < 1.29 is 36.3 Å². The smallest absolute Gasteiger partial charge is 0.302 e. The molecule has 8 nitrogen and oxygen atoms in total. The van der Waals surface area contributed by atoms with Gasteiger partial charge in [-0.15, -0.1) is 0 Å². The van der Waals surface area contributed by atoms with Crippen LogP contribution in [0.2, 0.25) is 0 Å². The second-order valence-corrected chi connectivity index (χ2v) is 8.75. The number of ether oxygens (including phenoxy) is 4. The molecular weight excluding hydrogens is 376 g/mol. The molecule has 1 aromatic rings. The Balaban J connectivity index is 1.68. The van der Waals surface area contributed by atoms with Gasteiger partial charge in [0.1, 0.15) is 31.0 Å². The van der Waals surface area contributed by atoms with Gasteiger partial charge in [0, 0.05) is 6.92 Å². The molecule has 0 saturated carbocycles. The van der Waals surface area contributed by atoms with Gasteiger partial charge in [-0.3, -0.25) is 8.98 Å². The van der Waals surface area contributed by atoms with Gasteiger partial charge in [0.05, 0.1) is 11.5 Å². The Morgan fingerprint density at radius 3 is 2.19 bits per heavy atom. The molecule has 2 aliphatic rings. The maximum Gasteiger partial charge on any atom is 0.302 e. The summed E-state index contributed by atoms with van der Waals surface area (Å²) in [6, 6.07) is 6.38. The zero-order chi connectivity index (χ0) is 19.8. The summed E-state index contributed by atoms with van der Waals surface area (Å²) in [4.78, 5) is 11.2. The fourth-order valence-electron chi connectivity index (χ4n) is 3.17. The third kappa shape index (κ3) is 4.67. The number of rotatable bonds is 6. The van der Waals surface area contributed by atoms with Crippen LogP contribution in [0.1, 0.15) is 26.3 Å². The summed E-state index contributed by atoms with van der Waals surface area (Å²) in [5, 5.41) is 0. The minimum Gasteiger partial charge on any atom is -0.463 e. The SMILES string of the molecule is CC(=O)OCC1O[C@H](COS(=O)(=O)c2ccc(C)cc2)[C@H]2OC(C)(C)O[C@@H]12. The zero-order valence-electron chi connectivity index (χ0n) is 15.7. The summed E-state index contributed by atoms with van der Waals surface area (Å²) >= 11 is 0. The average Bonchev–Trinajstić information content (AvgIpc) is 3.05. The van der Waals surface area contributed by atoms with E-state index in [4.69, 9.17) is 23.1 Å². The highest BCUT2D eigenvalue weighted by Crippen LogP contribution is 2.39. The van der Waals surface area contributed by atoms with Crippen LogP contribution in [0.5, 0.6) is 0 Å². The first-order valence-electron chi connectivity index (χ1n) is 8.68. The molecule has 0 aliphatic carbocycles. The lowest BCUT2D eigenvalue weighted by Crippen LogP contribution is -2.33. The van der Waals surface area contributed by atoms with Crippen molar-refractivity contribution in [2.45, 2.75) is 62.8 Å². The first-order chi connectivity index (χ1) is 12.6. The monoisotopic (exact) mass is 400 g/mol. The van der Waals surface area contributed by atoms with Crippen LogP contribution in [-0.2, 0) is 38.0 Å². The van der Waals surface area contributed by atoms with Gasteiger partial charge in [0.25, 0.3) is 10.1 Å². The number of fused-ring (bicyclic) bond motifs is 1. The lowest BCUT2D eigenvalue weighted by molar-refractivity contribution is -0.194. The molecule has 2 heterocycles. The van der Waals surface area contributed by atoms with Crippen molar-refractivity contribution in [2.24, 2.45) is 0 Å². The largest absolute Gasteiger partial charge is 0.463 e. The van der Waals surface area contributed by atoms with Crippen LogP contribution in [0.4, 0.5) is 0 Å². The molecule has 0 amide bonds. The van der Waals surface area contributed by atoms with E-state index in [9.17, 15) is 13.2 Å². The van der Waals surface area contributed by atoms with Gasteiger partial charge in [0.2, 0.25) is 0 Å². The molecule has 0 spiro atoms. The molecule has 1 unspecified atom stereocenters. The van der Waals surface area contributed by atoms with Crippen LogP contribution in [0, 0.1) is 6.92 Å². The van der Waals surface area contributed by atoms with E-state index in [1.54, 1.807) is 26.0 Å². The normalized spacial score (nSPS) is 29.5. The highest BCUT2D eigenvalue weighted by Gasteiger charge is 2.55. The summed E-state index contributed by atoms with van der Waals surface area (Å²) in [6.07, 6.45) is -2.22. The molecule has 2 saturated heterocycles. The van der Waals surface area contributed by atoms with E-state index in [1.165, 1.54) is 19.1 Å². The number of carbonyl (C=O) groups is 1. The number of carbonyl (C=O) groups excluding carboxylic acids is 1. The predicted molar refractivity (Wildman–Crippen MR) is 93.4 cm³/mol. The zero-order valence-corrected chi connectivity index (χ0v) is 16.5. The van der Waals surface area contributed by atoms with Gasteiger partial charge in [-0.2, -0.15) is 8.42 Å². The van der Waals surface area contributed by atoms with Crippen LogP contribution in [0.15, 0.2) is 29.2 Å². The number of esters is 1. The second-order valence-electron chi connectivity index (χ2n) is 7.13. The van der Waals surface area contributed by atoms with Crippen molar-refractivity contribution >= 4 is 16.1 Å². The minimum absolute atomic E-state index is 0.00283. The maximum atomic E-state index is 12.4. The maximum absolute atomic E-state index is 12.4. The summed E-state index contributed by atoms with van der Waals surface area (Å²) < 4.78 is 52.5. The standard InChI is InChI=1S/C18H24O8S/c1-11-5-7-13(8-6-11)27(20,21)23-10-15-17-16(25-18(3,4)26-17)14(24-15)9-22-12(2)19/h5-8,14-17H,9-10H2,1-4H3/t14?,15-,16+,17-/m1/s1. The van der Waals surface area contributed by atoms with Crippen molar-refractivity contribution in [1.29, 1.82) is 0 Å². The predicted octanol–water partition coefficient (Wildman–Crippen LogP) is 1.55. The molecule has 2 aliphatic heterocycles. The average molecular weight is 400 g/mol. The van der Waals surface area contributed by atoms with Crippen LogP contribution in [-0.4, -0.2) is 57.8 Å². The van der Waals surface area contributed by atoms with E-state index in [0.29, 0.717) is 0 Å². The van der Waals surface area contributed by atoms with Gasteiger partial charge >= 0.3 is 5.97 Å². The van der Waals surface area contributed by atoms with Gasteiger partial charge in [-0.1, -0.05) is 17.7 Å². The van der Waals surface area contributed by atoms with E-state index < -0.39 is 46.3 Å². The van der Waals surface area contributed by atoms with Crippen LogP contribution in [0.25, 0.3) is 0 Å². The van der Waals surface area contributed by atoms with E-state index in [0.717, 1.165) is 5.56 Å². The van der Waals surface area contributed by atoms with Crippen LogP contribution >= 0.6 is 0 Å². The van der Waals surface area contributed by atoms with Gasteiger partial charge < -0.3 is 18.9 Å². The van der Waals surface area contributed by atoms with Crippen molar-refractivity contribution in [3.05, 3.63) is 29.8 Å². The first kappa shape index (κ1) is 20.2.